The second kappa shape index (κ2) is 5.83. The van der Waals surface area contributed by atoms with Crippen molar-refractivity contribution in [3.63, 3.8) is 0 Å². The highest BCUT2D eigenvalue weighted by Crippen LogP contribution is 2.21. The second-order valence-electron chi connectivity index (χ2n) is 6.03. The second-order valence-corrected chi connectivity index (χ2v) is 6.03. The summed E-state index contributed by atoms with van der Waals surface area (Å²) in [6.07, 6.45) is 1.01. The van der Waals surface area contributed by atoms with Crippen molar-refractivity contribution in [1.29, 1.82) is 0 Å². The maximum Gasteiger partial charge on any atom is 0.253 e. The Hall–Kier alpha value is -2.69. The van der Waals surface area contributed by atoms with Crippen LogP contribution in [0.1, 0.15) is 16.8 Å². The van der Waals surface area contributed by atoms with Crippen LogP contribution in [0.25, 0.3) is 11.0 Å². The van der Waals surface area contributed by atoms with Gasteiger partial charge in [0.2, 0.25) is 0 Å². The molecule has 1 aromatic heterocycles. The number of benzene rings is 2. The molecule has 1 atom stereocenters. The van der Waals surface area contributed by atoms with Crippen LogP contribution in [0.3, 0.4) is 0 Å². The molecule has 1 aliphatic heterocycles. The average Bonchev–Trinajstić information content (AvgIpc) is 3.23. The Labute approximate surface area is 134 Å². The molecule has 0 aliphatic carbocycles. The topological polar surface area (TPSA) is 51.0 Å². The molecule has 5 nitrogen and oxygen atoms in total. The minimum absolute atomic E-state index is 0.122. The van der Waals surface area contributed by atoms with Gasteiger partial charge >= 0.3 is 0 Å². The minimum atomic E-state index is 0.122. The van der Waals surface area contributed by atoms with Crippen LogP contribution in [0.4, 0.5) is 0 Å². The summed E-state index contributed by atoms with van der Waals surface area (Å²) in [6.45, 7) is 2.39. The number of likely N-dealkylation sites (tertiary alicyclic amines) is 1. The number of amides is 1. The lowest BCUT2D eigenvalue weighted by Crippen LogP contribution is -2.29. The van der Waals surface area contributed by atoms with Crippen LogP contribution in [0.5, 0.6) is 0 Å². The normalized spacial score (nSPS) is 17.7. The number of fused-ring (bicyclic) bond motifs is 1. The van der Waals surface area contributed by atoms with E-state index in [4.69, 9.17) is 0 Å². The van der Waals surface area contributed by atoms with Crippen molar-refractivity contribution in [2.45, 2.75) is 13.0 Å². The Bertz CT molecular complexity index is 827. The molecule has 4 rings (SSSR count). The van der Waals surface area contributed by atoms with Crippen molar-refractivity contribution in [2.24, 2.45) is 5.92 Å². The number of carbonyl (C=O) groups excluding carboxylic acids is 1. The Morgan fingerprint density at radius 3 is 2.74 bits per heavy atom. The number of carbonyl (C=O) groups is 1. The van der Waals surface area contributed by atoms with E-state index in [1.54, 1.807) is 0 Å². The molecule has 0 spiro atoms. The van der Waals surface area contributed by atoms with Gasteiger partial charge in [-0.05, 0) is 36.6 Å². The highest BCUT2D eigenvalue weighted by atomic mass is 16.2. The van der Waals surface area contributed by atoms with Crippen molar-refractivity contribution in [1.82, 2.24) is 19.9 Å². The predicted molar refractivity (Wildman–Crippen MR) is 88.0 cm³/mol. The van der Waals surface area contributed by atoms with Crippen molar-refractivity contribution >= 4 is 16.9 Å². The van der Waals surface area contributed by atoms with Gasteiger partial charge in [0.1, 0.15) is 5.52 Å². The van der Waals surface area contributed by atoms with Crippen LogP contribution in [-0.2, 0) is 6.54 Å². The maximum atomic E-state index is 12.5. The van der Waals surface area contributed by atoms with Crippen molar-refractivity contribution in [3.05, 3.63) is 60.2 Å². The Morgan fingerprint density at radius 2 is 1.87 bits per heavy atom. The van der Waals surface area contributed by atoms with E-state index in [0.29, 0.717) is 5.92 Å². The fraction of sp³-hybridized carbons (Fsp3) is 0.278. The zero-order chi connectivity index (χ0) is 15.6. The van der Waals surface area contributed by atoms with E-state index in [1.807, 2.05) is 64.2 Å². The number of aromatic nitrogens is 3. The van der Waals surface area contributed by atoms with Gasteiger partial charge in [0.25, 0.3) is 5.91 Å². The first kappa shape index (κ1) is 13.9. The summed E-state index contributed by atoms with van der Waals surface area (Å²) in [5.41, 5.74) is 2.74. The number of nitrogens with zero attached hydrogens (tertiary/aromatic N) is 4. The molecule has 2 aromatic carbocycles. The fourth-order valence-electron chi connectivity index (χ4n) is 3.23. The minimum Gasteiger partial charge on any atom is -0.338 e. The lowest BCUT2D eigenvalue weighted by atomic mass is 10.1. The maximum absolute atomic E-state index is 12.5. The molecule has 0 N–H and O–H groups in total. The monoisotopic (exact) mass is 306 g/mol. The molecule has 23 heavy (non-hydrogen) atoms. The zero-order valence-electron chi connectivity index (χ0n) is 12.8. The summed E-state index contributed by atoms with van der Waals surface area (Å²) < 4.78 is 1.95. The van der Waals surface area contributed by atoms with Crippen LogP contribution in [-0.4, -0.2) is 38.9 Å². The Balaban J connectivity index is 1.45. The molecule has 1 saturated heterocycles. The van der Waals surface area contributed by atoms with E-state index >= 15 is 0 Å². The first-order chi connectivity index (χ1) is 11.3. The quantitative estimate of drug-likeness (QED) is 0.747. The van der Waals surface area contributed by atoms with Crippen LogP contribution < -0.4 is 0 Å². The first-order valence-electron chi connectivity index (χ1n) is 7.94. The zero-order valence-corrected chi connectivity index (χ0v) is 12.8. The Morgan fingerprint density at radius 1 is 1.09 bits per heavy atom. The van der Waals surface area contributed by atoms with Gasteiger partial charge in [0, 0.05) is 25.2 Å². The molecule has 3 aromatic rings. The summed E-state index contributed by atoms with van der Waals surface area (Å²) in [5.74, 6) is 0.546. The van der Waals surface area contributed by atoms with E-state index < -0.39 is 0 Å². The molecular formula is C18H18N4O. The molecular weight excluding hydrogens is 288 g/mol. The van der Waals surface area contributed by atoms with E-state index in [1.165, 1.54) is 0 Å². The highest BCUT2D eigenvalue weighted by molar-refractivity contribution is 5.94. The summed E-state index contributed by atoms with van der Waals surface area (Å²) in [4.78, 5) is 14.4. The Kier molecular flexibility index (Phi) is 3.54. The van der Waals surface area contributed by atoms with E-state index in [0.717, 1.165) is 42.7 Å². The summed E-state index contributed by atoms with van der Waals surface area (Å²) in [5, 5.41) is 8.44. The third kappa shape index (κ3) is 2.70. The lowest BCUT2D eigenvalue weighted by molar-refractivity contribution is 0.0786. The summed E-state index contributed by atoms with van der Waals surface area (Å²) >= 11 is 0. The first-order valence-corrected chi connectivity index (χ1v) is 7.94. The van der Waals surface area contributed by atoms with Gasteiger partial charge in [-0.1, -0.05) is 35.5 Å². The van der Waals surface area contributed by atoms with Gasteiger partial charge in [-0.25, -0.2) is 4.68 Å². The molecule has 2 heterocycles. The van der Waals surface area contributed by atoms with E-state index in [2.05, 4.69) is 10.3 Å². The number of hydrogen-bond donors (Lipinski definition) is 0. The SMILES string of the molecule is O=C(c1ccccc1)N1CC[C@@H](Cn2nnc3ccccc32)C1. The molecule has 0 unspecified atom stereocenters. The van der Waals surface area contributed by atoms with Crippen molar-refractivity contribution in [2.75, 3.05) is 13.1 Å². The van der Waals surface area contributed by atoms with Crippen LogP contribution in [0.2, 0.25) is 0 Å². The molecule has 0 saturated carbocycles. The molecule has 116 valence electrons. The molecule has 0 radical (unpaired) electrons. The summed E-state index contributed by atoms with van der Waals surface area (Å²) in [6, 6.07) is 17.5. The standard InChI is InChI=1S/C18H18N4O/c23-18(15-6-2-1-3-7-15)21-11-10-14(12-21)13-22-17-9-5-4-8-16(17)19-20-22/h1-9,14H,10-13H2/t14-/m1/s1. The third-order valence-electron chi connectivity index (χ3n) is 4.45. The number of hydrogen-bond acceptors (Lipinski definition) is 3. The lowest BCUT2D eigenvalue weighted by Gasteiger charge is -2.16. The van der Waals surface area contributed by atoms with Crippen LogP contribution >= 0.6 is 0 Å². The van der Waals surface area contributed by atoms with E-state index in [9.17, 15) is 4.79 Å². The number of rotatable bonds is 3. The van der Waals surface area contributed by atoms with Gasteiger partial charge in [-0.15, -0.1) is 5.10 Å². The van der Waals surface area contributed by atoms with Crippen molar-refractivity contribution < 1.29 is 4.79 Å². The van der Waals surface area contributed by atoms with Gasteiger partial charge < -0.3 is 4.90 Å². The number of para-hydroxylation sites is 1. The van der Waals surface area contributed by atoms with Crippen LogP contribution in [0.15, 0.2) is 54.6 Å². The van der Waals surface area contributed by atoms with Crippen LogP contribution in [0, 0.1) is 5.92 Å². The largest absolute Gasteiger partial charge is 0.338 e. The summed E-state index contributed by atoms with van der Waals surface area (Å²) in [7, 11) is 0. The molecule has 1 aliphatic rings. The van der Waals surface area contributed by atoms with Gasteiger partial charge in [0.15, 0.2) is 0 Å². The molecule has 1 fully saturated rings. The average molecular weight is 306 g/mol. The van der Waals surface area contributed by atoms with Gasteiger partial charge in [-0.2, -0.15) is 0 Å². The smallest absolute Gasteiger partial charge is 0.253 e. The van der Waals surface area contributed by atoms with Gasteiger partial charge in [0.05, 0.1) is 5.52 Å². The van der Waals surface area contributed by atoms with E-state index in [-0.39, 0.29) is 5.91 Å². The third-order valence-corrected chi connectivity index (χ3v) is 4.45. The molecule has 0 bridgehead atoms. The molecule has 1 amide bonds. The molecule has 5 heteroatoms. The highest BCUT2D eigenvalue weighted by Gasteiger charge is 2.27. The van der Waals surface area contributed by atoms with Gasteiger partial charge in [-0.3, -0.25) is 4.79 Å². The fourth-order valence-corrected chi connectivity index (χ4v) is 3.23. The predicted octanol–water partition coefficient (Wildman–Crippen LogP) is 2.59. The van der Waals surface area contributed by atoms with Crippen molar-refractivity contribution in [3.8, 4) is 0 Å².